The summed E-state index contributed by atoms with van der Waals surface area (Å²) in [6, 6.07) is 3.47. The number of halogens is 1. The van der Waals surface area contributed by atoms with Gasteiger partial charge in [0.2, 0.25) is 11.8 Å². The molecule has 3 amide bonds. The summed E-state index contributed by atoms with van der Waals surface area (Å²) in [6.07, 6.45) is 3.02. The van der Waals surface area contributed by atoms with E-state index in [0.29, 0.717) is 24.4 Å². The molecule has 1 aromatic carbocycles. The van der Waals surface area contributed by atoms with Gasteiger partial charge in [-0.1, -0.05) is 6.07 Å². The minimum Gasteiger partial charge on any atom is -0.322 e. The van der Waals surface area contributed by atoms with Crippen molar-refractivity contribution in [1.82, 2.24) is 10.2 Å². The molecule has 2 heterocycles. The van der Waals surface area contributed by atoms with Crippen molar-refractivity contribution >= 4 is 33.7 Å². The van der Waals surface area contributed by atoms with Crippen molar-refractivity contribution in [2.24, 2.45) is 0 Å². The van der Waals surface area contributed by atoms with Crippen LogP contribution >= 0.6 is 15.9 Å². The molecule has 2 aliphatic heterocycles. The summed E-state index contributed by atoms with van der Waals surface area (Å²) >= 11 is 3.47. The predicted molar refractivity (Wildman–Crippen MR) is 82.2 cm³/mol. The Morgan fingerprint density at radius 3 is 2.59 bits per heavy atom. The lowest BCUT2D eigenvalue weighted by Crippen LogP contribution is -2.52. The van der Waals surface area contributed by atoms with E-state index < -0.39 is 6.04 Å². The normalized spacial score (nSPS) is 24.5. The van der Waals surface area contributed by atoms with E-state index in [1.807, 2.05) is 6.07 Å². The maximum absolute atomic E-state index is 12.8. The lowest BCUT2D eigenvalue weighted by molar-refractivity contribution is -0.136. The monoisotopic (exact) mass is 362 g/mol. The van der Waals surface area contributed by atoms with Crippen LogP contribution in [-0.4, -0.2) is 28.7 Å². The van der Waals surface area contributed by atoms with Gasteiger partial charge in [-0.05, 0) is 58.3 Å². The number of nitrogens with one attached hydrogen (secondary N) is 1. The van der Waals surface area contributed by atoms with Gasteiger partial charge in [0.05, 0.1) is 5.56 Å². The van der Waals surface area contributed by atoms with Crippen LogP contribution in [0, 0.1) is 0 Å². The van der Waals surface area contributed by atoms with Gasteiger partial charge in [-0.2, -0.15) is 0 Å². The summed E-state index contributed by atoms with van der Waals surface area (Å²) in [7, 11) is 0. The van der Waals surface area contributed by atoms with Crippen LogP contribution in [0.2, 0.25) is 0 Å². The summed E-state index contributed by atoms with van der Waals surface area (Å²) in [5.41, 5.74) is 2.97. The molecule has 1 saturated heterocycles. The summed E-state index contributed by atoms with van der Waals surface area (Å²) in [6.45, 7) is 0.464. The second kappa shape index (κ2) is 4.91. The quantitative estimate of drug-likeness (QED) is 0.819. The molecule has 6 heteroatoms. The van der Waals surface area contributed by atoms with E-state index >= 15 is 0 Å². The standard InChI is InChI=1S/C16H15BrN2O3/c17-11-4-3-9(8-1-2-8)10-7-19(16(22)14(10)11)12-5-6-13(20)18-15(12)21/h3-4,8,12H,1-2,5-7H2,(H,18,20,21). The fourth-order valence-electron chi connectivity index (χ4n) is 3.43. The summed E-state index contributed by atoms with van der Waals surface area (Å²) in [4.78, 5) is 37.7. The van der Waals surface area contributed by atoms with Gasteiger partial charge in [0.15, 0.2) is 0 Å². The third-order valence-corrected chi connectivity index (χ3v) is 5.37. The lowest BCUT2D eigenvalue weighted by Gasteiger charge is -2.29. The van der Waals surface area contributed by atoms with Crippen molar-refractivity contribution in [3.8, 4) is 0 Å². The Balaban J connectivity index is 1.69. The van der Waals surface area contributed by atoms with Crippen molar-refractivity contribution in [3.63, 3.8) is 0 Å². The van der Waals surface area contributed by atoms with Crippen LogP contribution in [-0.2, 0) is 16.1 Å². The maximum atomic E-state index is 12.8. The summed E-state index contributed by atoms with van der Waals surface area (Å²) < 4.78 is 0.784. The highest BCUT2D eigenvalue weighted by Crippen LogP contribution is 2.46. The van der Waals surface area contributed by atoms with Crippen LogP contribution < -0.4 is 5.32 Å². The van der Waals surface area contributed by atoms with Crippen LogP contribution in [0.15, 0.2) is 16.6 Å². The number of carbonyl (C=O) groups is 3. The Bertz CT molecular complexity index is 712. The van der Waals surface area contributed by atoms with Gasteiger partial charge in [0.25, 0.3) is 5.91 Å². The second-order valence-corrected chi connectivity index (χ2v) is 7.02. The van der Waals surface area contributed by atoms with E-state index in [2.05, 4.69) is 27.3 Å². The second-order valence-electron chi connectivity index (χ2n) is 6.16. The number of benzene rings is 1. The lowest BCUT2D eigenvalue weighted by atomic mass is 10.00. The average Bonchev–Trinajstić information content (AvgIpc) is 3.24. The Kier molecular flexibility index (Phi) is 3.11. The number of rotatable bonds is 2. The zero-order valence-electron chi connectivity index (χ0n) is 11.9. The van der Waals surface area contributed by atoms with Gasteiger partial charge in [-0.15, -0.1) is 0 Å². The van der Waals surface area contributed by atoms with Gasteiger partial charge in [0.1, 0.15) is 6.04 Å². The maximum Gasteiger partial charge on any atom is 0.256 e. The van der Waals surface area contributed by atoms with E-state index in [-0.39, 0.29) is 24.1 Å². The van der Waals surface area contributed by atoms with E-state index in [1.54, 1.807) is 4.90 Å². The molecular formula is C16H15BrN2O3. The minimum absolute atomic E-state index is 0.112. The molecule has 1 aromatic rings. The van der Waals surface area contributed by atoms with E-state index in [9.17, 15) is 14.4 Å². The third kappa shape index (κ3) is 2.08. The molecule has 22 heavy (non-hydrogen) atoms. The summed E-state index contributed by atoms with van der Waals surface area (Å²) in [5, 5.41) is 2.33. The van der Waals surface area contributed by atoms with Crippen molar-refractivity contribution in [1.29, 1.82) is 0 Å². The highest BCUT2D eigenvalue weighted by molar-refractivity contribution is 9.10. The van der Waals surface area contributed by atoms with Crippen LogP contribution in [0.25, 0.3) is 0 Å². The SMILES string of the molecule is O=C1CCC(N2Cc3c(C4CC4)ccc(Br)c3C2=O)C(=O)N1. The zero-order valence-corrected chi connectivity index (χ0v) is 13.5. The molecule has 0 aromatic heterocycles. The van der Waals surface area contributed by atoms with Crippen LogP contribution in [0.4, 0.5) is 0 Å². The first kappa shape index (κ1) is 13.9. The third-order valence-electron chi connectivity index (χ3n) is 4.70. The number of hydrogen-bond donors (Lipinski definition) is 1. The molecule has 114 valence electrons. The number of amides is 3. The van der Waals surface area contributed by atoms with E-state index in [4.69, 9.17) is 0 Å². The number of piperidine rings is 1. The van der Waals surface area contributed by atoms with Gasteiger partial charge >= 0.3 is 0 Å². The molecule has 2 fully saturated rings. The van der Waals surface area contributed by atoms with Crippen molar-refractivity contribution in [3.05, 3.63) is 33.3 Å². The molecule has 1 saturated carbocycles. The Morgan fingerprint density at radius 1 is 1.14 bits per heavy atom. The molecule has 1 aliphatic carbocycles. The number of carbonyl (C=O) groups excluding carboxylic acids is 3. The molecule has 0 spiro atoms. The molecule has 1 unspecified atom stereocenters. The topological polar surface area (TPSA) is 66.5 Å². The molecule has 0 bridgehead atoms. The fraction of sp³-hybridized carbons (Fsp3) is 0.438. The molecule has 1 N–H and O–H groups in total. The minimum atomic E-state index is -0.545. The molecule has 4 rings (SSSR count). The van der Waals surface area contributed by atoms with E-state index in [1.165, 1.54) is 18.4 Å². The largest absolute Gasteiger partial charge is 0.322 e. The van der Waals surface area contributed by atoms with Crippen molar-refractivity contribution < 1.29 is 14.4 Å². The average molecular weight is 363 g/mol. The number of hydrogen-bond acceptors (Lipinski definition) is 3. The first-order chi connectivity index (χ1) is 10.6. The smallest absolute Gasteiger partial charge is 0.256 e. The highest BCUT2D eigenvalue weighted by atomic mass is 79.9. The van der Waals surface area contributed by atoms with E-state index in [0.717, 1.165) is 10.0 Å². The Morgan fingerprint density at radius 2 is 1.91 bits per heavy atom. The molecule has 0 radical (unpaired) electrons. The fourth-order valence-corrected chi connectivity index (χ4v) is 3.97. The molecule has 5 nitrogen and oxygen atoms in total. The number of imide groups is 1. The molecule has 1 atom stereocenters. The Labute approximate surface area is 136 Å². The first-order valence-corrected chi connectivity index (χ1v) is 8.31. The van der Waals surface area contributed by atoms with Gasteiger partial charge in [0, 0.05) is 17.4 Å². The summed E-state index contributed by atoms with van der Waals surface area (Å²) in [5.74, 6) is -0.179. The van der Waals surface area contributed by atoms with Crippen molar-refractivity contribution in [2.75, 3.05) is 0 Å². The van der Waals surface area contributed by atoms with Gasteiger partial charge in [-0.25, -0.2) is 0 Å². The Hall–Kier alpha value is -1.69. The number of nitrogens with zero attached hydrogens (tertiary/aromatic N) is 1. The van der Waals surface area contributed by atoms with Crippen molar-refractivity contribution in [2.45, 2.75) is 44.2 Å². The number of fused-ring (bicyclic) bond motifs is 1. The first-order valence-electron chi connectivity index (χ1n) is 7.52. The zero-order chi connectivity index (χ0) is 15.4. The highest BCUT2D eigenvalue weighted by Gasteiger charge is 2.42. The van der Waals surface area contributed by atoms with Crippen LogP contribution in [0.5, 0.6) is 0 Å². The van der Waals surface area contributed by atoms with Crippen LogP contribution in [0.3, 0.4) is 0 Å². The van der Waals surface area contributed by atoms with Gasteiger partial charge in [-0.3, -0.25) is 19.7 Å². The van der Waals surface area contributed by atoms with Gasteiger partial charge < -0.3 is 4.90 Å². The predicted octanol–water partition coefficient (Wildman–Crippen LogP) is 2.09. The van der Waals surface area contributed by atoms with Crippen LogP contribution in [0.1, 0.15) is 53.1 Å². The molecular weight excluding hydrogens is 348 g/mol. The molecule has 3 aliphatic rings.